The van der Waals surface area contributed by atoms with Gasteiger partial charge in [-0.15, -0.1) is 0 Å². The van der Waals surface area contributed by atoms with Crippen LogP contribution in [-0.2, 0) is 32.7 Å². The number of ether oxygens (including phenoxy) is 2. The first-order valence-electron chi connectivity index (χ1n) is 33.7. The van der Waals surface area contributed by atoms with Gasteiger partial charge in [0.2, 0.25) is 0 Å². The fourth-order valence-corrected chi connectivity index (χ4v) is 10.3. The van der Waals surface area contributed by atoms with E-state index >= 15 is 0 Å². The Hall–Kier alpha value is -3.07. The number of carbonyl (C=O) groups is 2. The van der Waals surface area contributed by atoms with E-state index in [2.05, 4.69) is 111 Å². The van der Waals surface area contributed by atoms with E-state index < -0.39 is 26.5 Å². The second-order valence-corrected chi connectivity index (χ2v) is 23.8. The van der Waals surface area contributed by atoms with Gasteiger partial charge in [-0.2, -0.15) is 0 Å². The lowest BCUT2D eigenvalue weighted by Gasteiger charge is -2.19. The van der Waals surface area contributed by atoms with Crippen LogP contribution in [0.3, 0.4) is 0 Å². The molecule has 81 heavy (non-hydrogen) atoms. The van der Waals surface area contributed by atoms with Crippen LogP contribution in [0, 0.1) is 0 Å². The molecule has 0 amide bonds. The second kappa shape index (κ2) is 66.1. The molecule has 0 fully saturated rings. The molecule has 0 aliphatic rings. The maximum absolute atomic E-state index is 12.8. The smallest absolute Gasteiger partial charge is 0.462 e. The highest BCUT2D eigenvalue weighted by atomic mass is 31.2. The van der Waals surface area contributed by atoms with E-state index in [1.165, 1.54) is 193 Å². The zero-order valence-electron chi connectivity index (χ0n) is 52.5. The van der Waals surface area contributed by atoms with Gasteiger partial charge in [0.1, 0.15) is 6.61 Å². The van der Waals surface area contributed by atoms with Crippen molar-refractivity contribution in [1.82, 2.24) is 0 Å². The molecule has 0 saturated carbocycles. The van der Waals surface area contributed by atoms with Crippen molar-refractivity contribution in [2.45, 2.75) is 315 Å². The molecular formula is C71H126NO8P. The highest BCUT2D eigenvalue weighted by Crippen LogP contribution is 2.43. The van der Waals surface area contributed by atoms with Crippen LogP contribution in [0.5, 0.6) is 0 Å². The molecule has 0 aromatic heterocycles. The first-order valence-corrected chi connectivity index (χ1v) is 35.2. The number of rotatable bonds is 63. The van der Waals surface area contributed by atoms with Crippen molar-refractivity contribution >= 4 is 19.8 Å². The van der Waals surface area contributed by atoms with Crippen LogP contribution in [0.4, 0.5) is 0 Å². The van der Waals surface area contributed by atoms with Crippen molar-refractivity contribution in [2.24, 2.45) is 5.73 Å². The van der Waals surface area contributed by atoms with Crippen LogP contribution < -0.4 is 5.73 Å². The van der Waals surface area contributed by atoms with Crippen molar-refractivity contribution in [2.75, 3.05) is 26.4 Å². The number of nitrogens with two attached hydrogens (primary N) is 1. The molecule has 0 rings (SSSR count). The van der Waals surface area contributed by atoms with Crippen molar-refractivity contribution in [3.05, 3.63) is 97.2 Å². The van der Waals surface area contributed by atoms with E-state index in [4.69, 9.17) is 24.3 Å². The van der Waals surface area contributed by atoms with Crippen LogP contribution in [0.1, 0.15) is 309 Å². The lowest BCUT2D eigenvalue weighted by Crippen LogP contribution is -2.29. The van der Waals surface area contributed by atoms with E-state index in [0.717, 1.165) is 83.5 Å². The zero-order chi connectivity index (χ0) is 58.7. The first kappa shape index (κ1) is 77.9. The predicted molar refractivity (Wildman–Crippen MR) is 348 cm³/mol. The molecule has 0 aliphatic heterocycles. The van der Waals surface area contributed by atoms with Gasteiger partial charge in [0, 0.05) is 19.4 Å². The summed E-state index contributed by atoms with van der Waals surface area (Å²) in [6.07, 6.45) is 89.2. The molecule has 0 saturated heterocycles. The normalized spacial score (nSPS) is 13.6. The maximum atomic E-state index is 12.8. The van der Waals surface area contributed by atoms with Gasteiger partial charge in [-0.1, -0.05) is 297 Å². The number of allylic oxidation sites excluding steroid dienone is 16. The molecule has 0 aliphatic carbocycles. The SMILES string of the molecule is CC/C=C\C/C=C\C/C=C\C/C=C\C/C=C\C/C=C\CCCCCCCCCCCCCCCCCCCCC(=O)OC(COC(=O)CCCCCCCCCCCCC/C=C\C/C=C\CCCCCCC)COP(=O)(O)OCCN. The monoisotopic (exact) mass is 1150 g/mol. The molecule has 10 heteroatoms. The molecule has 0 aromatic rings. The summed E-state index contributed by atoms with van der Waals surface area (Å²) >= 11 is 0. The summed E-state index contributed by atoms with van der Waals surface area (Å²) < 4.78 is 33.2. The van der Waals surface area contributed by atoms with Crippen LogP contribution in [0.25, 0.3) is 0 Å². The van der Waals surface area contributed by atoms with E-state index in [0.29, 0.717) is 6.42 Å². The van der Waals surface area contributed by atoms with Gasteiger partial charge >= 0.3 is 19.8 Å². The summed E-state index contributed by atoms with van der Waals surface area (Å²) in [7, 11) is -4.39. The summed E-state index contributed by atoms with van der Waals surface area (Å²) in [4.78, 5) is 35.3. The molecule has 9 nitrogen and oxygen atoms in total. The van der Waals surface area contributed by atoms with E-state index in [1.54, 1.807) is 0 Å². The molecule has 0 heterocycles. The molecule has 0 radical (unpaired) electrons. The largest absolute Gasteiger partial charge is 0.472 e. The van der Waals surface area contributed by atoms with Crippen LogP contribution in [0.2, 0.25) is 0 Å². The fraction of sp³-hybridized carbons (Fsp3) is 0.746. The molecule has 3 N–H and O–H groups in total. The third-order valence-corrected chi connectivity index (χ3v) is 15.4. The average Bonchev–Trinajstić information content (AvgIpc) is 3.46. The Morgan fingerprint density at radius 2 is 0.679 bits per heavy atom. The highest BCUT2D eigenvalue weighted by Gasteiger charge is 2.26. The lowest BCUT2D eigenvalue weighted by molar-refractivity contribution is -0.161. The van der Waals surface area contributed by atoms with E-state index in [-0.39, 0.29) is 38.6 Å². The number of phosphoric acid groups is 1. The molecule has 0 aromatic carbocycles. The third-order valence-electron chi connectivity index (χ3n) is 14.5. The molecule has 0 bridgehead atoms. The van der Waals surface area contributed by atoms with Crippen LogP contribution >= 0.6 is 7.82 Å². The first-order chi connectivity index (χ1) is 39.8. The minimum atomic E-state index is -4.39. The summed E-state index contributed by atoms with van der Waals surface area (Å²) in [5.74, 6) is -0.821. The molecular weight excluding hydrogens is 1030 g/mol. The van der Waals surface area contributed by atoms with Gasteiger partial charge in [-0.05, 0) is 96.3 Å². The van der Waals surface area contributed by atoms with Gasteiger partial charge in [0.25, 0.3) is 0 Å². The Kier molecular flexibility index (Phi) is 63.6. The Labute approximate surface area is 499 Å². The van der Waals surface area contributed by atoms with Crippen molar-refractivity contribution < 1.29 is 37.6 Å². The molecule has 468 valence electrons. The van der Waals surface area contributed by atoms with Crippen LogP contribution in [-0.4, -0.2) is 49.3 Å². The minimum absolute atomic E-state index is 0.0514. The number of hydrogen-bond acceptors (Lipinski definition) is 8. The Morgan fingerprint density at radius 3 is 1.01 bits per heavy atom. The van der Waals surface area contributed by atoms with Crippen LogP contribution in [0.15, 0.2) is 97.2 Å². The van der Waals surface area contributed by atoms with E-state index in [9.17, 15) is 19.0 Å². The Morgan fingerprint density at radius 1 is 0.383 bits per heavy atom. The summed E-state index contributed by atoms with van der Waals surface area (Å²) in [6, 6.07) is 0. The van der Waals surface area contributed by atoms with Crippen molar-refractivity contribution in [3.63, 3.8) is 0 Å². The molecule has 2 atom stereocenters. The van der Waals surface area contributed by atoms with Gasteiger partial charge in [0.05, 0.1) is 13.2 Å². The van der Waals surface area contributed by atoms with E-state index in [1.807, 2.05) is 0 Å². The van der Waals surface area contributed by atoms with Gasteiger partial charge in [-0.3, -0.25) is 18.6 Å². The third kappa shape index (κ3) is 65.9. The molecule has 0 spiro atoms. The standard InChI is InChI=1S/C71H126NO8P/c1-3-5-7-9-11-13-15-17-19-21-23-25-27-28-29-30-31-32-33-34-35-36-37-38-39-40-42-44-46-48-50-52-54-56-58-60-62-64-71(74)80-69(68-79-81(75,76)78-66-65-72)67-77-70(73)63-61-59-57-55-53-51-49-47-45-43-41-26-24-22-20-18-16-14-12-10-8-6-4-2/h5,7,11,13,16-19,22-25,28-29,31-32,69H,3-4,6,8-10,12,14-15,20-21,26-27,30,33-68,72H2,1-2H3,(H,75,76)/b7-5-,13-11-,18-16-,19-17-,24-22-,25-23-,29-28-,32-31-. The summed E-state index contributed by atoms with van der Waals surface area (Å²) in [5, 5.41) is 0. The maximum Gasteiger partial charge on any atom is 0.472 e. The molecule has 2 unspecified atom stereocenters. The highest BCUT2D eigenvalue weighted by molar-refractivity contribution is 7.47. The number of phosphoric ester groups is 1. The quantitative estimate of drug-likeness (QED) is 0.0264. The second-order valence-electron chi connectivity index (χ2n) is 22.3. The fourth-order valence-electron chi connectivity index (χ4n) is 9.50. The summed E-state index contributed by atoms with van der Waals surface area (Å²) in [5.41, 5.74) is 5.40. The van der Waals surface area contributed by atoms with Crippen molar-refractivity contribution in [1.29, 1.82) is 0 Å². The minimum Gasteiger partial charge on any atom is -0.462 e. The number of carbonyl (C=O) groups excluding carboxylic acids is 2. The van der Waals surface area contributed by atoms with Gasteiger partial charge < -0.3 is 20.1 Å². The van der Waals surface area contributed by atoms with Gasteiger partial charge in [-0.25, -0.2) is 4.57 Å². The lowest BCUT2D eigenvalue weighted by atomic mass is 10.0. The van der Waals surface area contributed by atoms with Crippen molar-refractivity contribution in [3.8, 4) is 0 Å². The van der Waals surface area contributed by atoms with Gasteiger partial charge in [0.15, 0.2) is 6.10 Å². The zero-order valence-corrected chi connectivity index (χ0v) is 53.4. The topological polar surface area (TPSA) is 134 Å². The average molecular weight is 1150 g/mol. The predicted octanol–water partition coefficient (Wildman–Crippen LogP) is 22.0. The Bertz CT molecular complexity index is 1650. The number of esters is 2. The Balaban J connectivity index is 3.87. The number of unbranched alkanes of at least 4 members (excludes halogenated alkanes) is 34. The number of hydrogen-bond donors (Lipinski definition) is 2. The summed E-state index contributed by atoms with van der Waals surface area (Å²) in [6.45, 7) is 3.65.